The van der Waals surface area contributed by atoms with Crippen LogP contribution in [0.3, 0.4) is 0 Å². The Bertz CT molecular complexity index is 532. The van der Waals surface area contributed by atoms with Crippen molar-refractivity contribution in [2.45, 2.75) is 50.2 Å². The van der Waals surface area contributed by atoms with E-state index < -0.39 is 36.4 Å². The largest absolute Gasteiger partial charge is 0.488 e. The first-order chi connectivity index (χ1) is 11.2. The van der Waals surface area contributed by atoms with Gasteiger partial charge in [-0.1, -0.05) is 11.2 Å². The van der Waals surface area contributed by atoms with Crippen molar-refractivity contribution in [3.8, 4) is 0 Å². The average molecular weight is 356 g/mol. The molecule has 2 N–H and O–H groups in total. The summed E-state index contributed by atoms with van der Waals surface area (Å²) in [6.07, 6.45) is -4.32. The third-order valence-electron chi connectivity index (χ3n) is 5.93. The molecule has 2 aliphatic carbocycles. The van der Waals surface area contributed by atoms with Crippen molar-refractivity contribution in [1.82, 2.24) is 21.1 Å². The van der Waals surface area contributed by atoms with E-state index in [0.717, 1.165) is 0 Å². The Morgan fingerprint density at radius 1 is 0.958 bits per heavy atom. The number of alkyl halides is 6. The molecule has 0 amide bonds. The van der Waals surface area contributed by atoms with Gasteiger partial charge in [-0.2, -0.15) is 26.3 Å². The van der Waals surface area contributed by atoms with Gasteiger partial charge in [-0.3, -0.25) is 5.01 Å². The smallest absolute Gasteiger partial charge is 0.296 e. The number of hydrogen-bond donors (Lipinski definition) is 2. The monoisotopic (exact) mass is 356 g/mol. The summed E-state index contributed by atoms with van der Waals surface area (Å²) in [6.45, 7) is 0. The molecule has 0 aromatic carbocycles. The van der Waals surface area contributed by atoms with E-state index in [1.807, 2.05) is 0 Å². The molecule has 2 heterocycles. The van der Waals surface area contributed by atoms with E-state index in [0.29, 0.717) is 19.3 Å². The lowest BCUT2D eigenvalue weighted by molar-refractivity contribution is -0.329. The quantitative estimate of drug-likeness (QED) is 0.516. The Morgan fingerprint density at radius 3 is 2.33 bits per heavy atom. The van der Waals surface area contributed by atoms with Gasteiger partial charge in [0.2, 0.25) is 0 Å². The summed E-state index contributed by atoms with van der Waals surface area (Å²) in [7, 11) is 0. The van der Waals surface area contributed by atoms with E-state index >= 15 is 0 Å². The van der Waals surface area contributed by atoms with Crippen LogP contribution in [-0.4, -0.2) is 34.7 Å². The summed E-state index contributed by atoms with van der Waals surface area (Å²) in [6, 6.07) is -0.920. The fraction of sp³-hybridized carbons (Fsp3) is 0.857. The second kappa shape index (κ2) is 5.25. The summed E-state index contributed by atoms with van der Waals surface area (Å²) in [5, 5.41) is 1.32. The zero-order valence-corrected chi connectivity index (χ0v) is 12.6. The number of hydrazine groups is 3. The highest BCUT2D eigenvalue weighted by Crippen LogP contribution is 2.54. The van der Waals surface area contributed by atoms with Crippen LogP contribution in [0.25, 0.3) is 0 Å². The molecule has 3 fully saturated rings. The summed E-state index contributed by atoms with van der Waals surface area (Å²) in [5.74, 6) is -2.22. The van der Waals surface area contributed by atoms with Crippen LogP contribution >= 0.6 is 0 Å². The van der Waals surface area contributed by atoms with Gasteiger partial charge in [0, 0.05) is 12.2 Å². The molecule has 6 atom stereocenters. The standard InChI is InChI=1S/C14H18F6N4/c15-13(16,17)9-3-1-7-2-4-10-12-11(7)8(9)5-6-23(12)22-24(21-10)14(18,19)20/h5-12,21-22H,1-4H2. The second-order valence-electron chi connectivity index (χ2n) is 7.10. The first-order valence-electron chi connectivity index (χ1n) is 8.09. The third kappa shape index (κ3) is 2.50. The Hall–Kier alpha value is -1.00. The van der Waals surface area contributed by atoms with Crippen LogP contribution in [0.15, 0.2) is 12.3 Å². The molecule has 0 aromatic rings. The van der Waals surface area contributed by atoms with Crippen molar-refractivity contribution >= 4 is 0 Å². The Morgan fingerprint density at radius 2 is 1.67 bits per heavy atom. The van der Waals surface area contributed by atoms with Gasteiger partial charge in [-0.05, 0) is 43.4 Å². The van der Waals surface area contributed by atoms with Gasteiger partial charge in [0.1, 0.15) is 0 Å². The molecule has 6 unspecified atom stereocenters. The molecule has 1 saturated heterocycles. The van der Waals surface area contributed by atoms with Crippen molar-refractivity contribution in [3.63, 3.8) is 0 Å². The fourth-order valence-electron chi connectivity index (χ4n) is 5.03. The highest BCUT2D eigenvalue weighted by atomic mass is 19.4. The fourth-order valence-corrected chi connectivity index (χ4v) is 5.03. The number of hydrogen-bond acceptors (Lipinski definition) is 4. The predicted molar refractivity (Wildman–Crippen MR) is 71.2 cm³/mol. The van der Waals surface area contributed by atoms with Crippen molar-refractivity contribution in [2.75, 3.05) is 0 Å². The summed E-state index contributed by atoms with van der Waals surface area (Å²) < 4.78 is 79.0. The highest BCUT2D eigenvalue weighted by molar-refractivity contribution is 5.13. The van der Waals surface area contributed by atoms with Crippen LogP contribution in [0.4, 0.5) is 26.3 Å². The molecule has 10 heteroatoms. The van der Waals surface area contributed by atoms with E-state index in [2.05, 4.69) is 11.0 Å². The maximum Gasteiger partial charge on any atom is 0.488 e. The SMILES string of the molecule is FC(F)(F)C1CCC2CCC3NN(C(F)(F)F)NN4C=CC1C2C34. The van der Waals surface area contributed by atoms with E-state index in [1.165, 1.54) is 17.3 Å². The minimum atomic E-state index is -4.62. The van der Waals surface area contributed by atoms with Crippen LogP contribution in [0, 0.1) is 23.7 Å². The van der Waals surface area contributed by atoms with E-state index in [9.17, 15) is 26.3 Å². The lowest BCUT2D eigenvalue weighted by atomic mass is 9.57. The van der Waals surface area contributed by atoms with Gasteiger partial charge < -0.3 is 0 Å². The normalized spacial score (nSPS) is 42.8. The van der Waals surface area contributed by atoms with Gasteiger partial charge in [-0.15, -0.1) is 5.53 Å². The van der Waals surface area contributed by atoms with Gasteiger partial charge in [0.15, 0.2) is 0 Å². The molecule has 24 heavy (non-hydrogen) atoms. The van der Waals surface area contributed by atoms with Gasteiger partial charge in [-0.25, -0.2) is 5.43 Å². The first kappa shape index (κ1) is 16.5. The molecule has 4 aliphatic rings. The second-order valence-corrected chi connectivity index (χ2v) is 7.10. The van der Waals surface area contributed by atoms with E-state index in [1.54, 1.807) is 0 Å². The average Bonchev–Trinajstić information content (AvgIpc) is 2.50. The number of nitrogens with one attached hydrogen (secondary N) is 2. The molecule has 0 spiro atoms. The molecular weight excluding hydrogens is 338 g/mol. The van der Waals surface area contributed by atoms with Crippen LogP contribution in [0.1, 0.15) is 25.7 Å². The Labute approximate surface area is 134 Å². The molecule has 0 bridgehead atoms. The lowest BCUT2D eigenvalue weighted by Gasteiger charge is -2.59. The molecule has 2 saturated carbocycles. The molecule has 4 nitrogen and oxygen atoms in total. The first-order valence-corrected chi connectivity index (χ1v) is 8.09. The minimum Gasteiger partial charge on any atom is -0.296 e. The van der Waals surface area contributed by atoms with Gasteiger partial charge in [0.05, 0.1) is 12.0 Å². The van der Waals surface area contributed by atoms with Crippen LogP contribution < -0.4 is 11.0 Å². The third-order valence-corrected chi connectivity index (χ3v) is 5.93. The Kier molecular flexibility index (Phi) is 3.60. The number of rotatable bonds is 0. The number of allylic oxidation sites excluding steroid dienone is 1. The molecule has 136 valence electrons. The predicted octanol–water partition coefficient (Wildman–Crippen LogP) is 2.93. The molecule has 0 aromatic heterocycles. The molecule has 0 radical (unpaired) electrons. The van der Waals surface area contributed by atoms with Crippen LogP contribution in [0.2, 0.25) is 0 Å². The maximum atomic E-state index is 13.4. The van der Waals surface area contributed by atoms with Gasteiger partial charge >= 0.3 is 12.5 Å². The number of halogens is 6. The van der Waals surface area contributed by atoms with Crippen molar-refractivity contribution < 1.29 is 26.3 Å². The molecular formula is C14H18F6N4. The van der Waals surface area contributed by atoms with E-state index in [4.69, 9.17) is 0 Å². The van der Waals surface area contributed by atoms with E-state index in [-0.39, 0.29) is 23.4 Å². The van der Waals surface area contributed by atoms with Crippen molar-refractivity contribution in [2.24, 2.45) is 23.7 Å². The number of nitrogens with zero attached hydrogens (tertiary/aromatic N) is 2. The lowest BCUT2D eigenvalue weighted by Crippen LogP contribution is -2.77. The van der Waals surface area contributed by atoms with Crippen molar-refractivity contribution in [1.29, 1.82) is 0 Å². The summed E-state index contributed by atoms with van der Waals surface area (Å²) >= 11 is 0. The molecule has 2 aliphatic heterocycles. The highest BCUT2D eigenvalue weighted by Gasteiger charge is 2.59. The van der Waals surface area contributed by atoms with Crippen LogP contribution in [0.5, 0.6) is 0 Å². The minimum absolute atomic E-state index is 0.0107. The van der Waals surface area contributed by atoms with Crippen LogP contribution in [-0.2, 0) is 0 Å². The topological polar surface area (TPSA) is 30.5 Å². The Balaban J connectivity index is 1.66. The molecule has 4 rings (SSSR count). The maximum absolute atomic E-state index is 13.4. The van der Waals surface area contributed by atoms with Gasteiger partial charge in [0.25, 0.3) is 0 Å². The zero-order valence-electron chi connectivity index (χ0n) is 12.6. The van der Waals surface area contributed by atoms with Crippen molar-refractivity contribution in [3.05, 3.63) is 12.3 Å². The summed E-state index contributed by atoms with van der Waals surface area (Å²) in [5.41, 5.74) is 4.64. The zero-order chi connectivity index (χ0) is 17.3. The summed E-state index contributed by atoms with van der Waals surface area (Å²) in [4.78, 5) is 0.